The molecule has 4 nitrogen and oxygen atoms in total. The molecule has 1 amide bonds. The molecule has 0 saturated carbocycles. The molecule has 0 unspecified atom stereocenters. The molecule has 0 spiro atoms. The second kappa shape index (κ2) is 5.28. The van der Waals surface area contributed by atoms with Crippen LogP contribution in [-0.4, -0.2) is 5.91 Å². The van der Waals surface area contributed by atoms with Crippen molar-refractivity contribution in [3.63, 3.8) is 0 Å². The second-order valence-electron chi connectivity index (χ2n) is 4.09. The van der Waals surface area contributed by atoms with E-state index in [9.17, 15) is 9.59 Å². The van der Waals surface area contributed by atoms with Crippen LogP contribution in [0.25, 0.3) is 0 Å². The molecule has 19 heavy (non-hydrogen) atoms. The minimum atomic E-state index is -0.528. The minimum absolute atomic E-state index is 0.00878. The molecule has 98 valence electrons. The zero-order valence-electron chi connectivity index (χ0n) is 10.5. The number of aryl methyl sites for hydroxylation is 2. The number of hydrogen-bond acceptors (Lipinski definition) is 3. The van der Waals surface area contributed by atoms with Gasteiger partial charge in [0.25, 0.3) is 5.91 Å². The monoisotopic (exact) mass is 277 g/mol. The maximum Gasteiger partial charge on any atom is 0.263 e. The summed E-state index contributed by atoms with van der Waals surface area (Å²) in [5.41, 5.74) is 0.0739. The highest BCUT2D eigenvalue weighted by molar-refractivity contribution is 6.33. The number of nitrogens with one attached hydrogen (secondary N) is 1. The number of amides is 1. The van der Waals surface area contributed by atoms with Crippen LogP contribution < -0.4 is 10.7 Å². The number of halogens is 1. The summed E-state index contributed by atoms with van der Waals surface area (Å²) >= 11 is 5.94. The summed E-state index contributed by atoms with van der Waals surface area (Å²) in [6.07, 6.45) is 0. The van der Waals surface area contributed by atoms with Crippen LogP contribution in [0, 0.1) is 13.8 Å². The molecule has 0 bridgehead atoms. The third-order valence-electron chi connectivity index (χ3n) is 2.60. The minimum Gasteiger partial charge on any atom is -0.466 e. The fourth-order valence-electron chi connectivity index (χ4n) is 1.77. The lowest BCUT2D eigenvalue weighted by Crippen LogP contribution is -2.22. The Kier molecular flexibility index (Phi) is 3.71. The molecule has 1 N–H and O–H groups in total. The molecule has 1 aromatic carbocycles. The first-order valence-electron chi connectivity index (χ1n) is 5.66. The molecule has 0 aliphatic heterocycles. The van der Waals surface area contributed by atoms with Gasteiger partial charge in [0.2, 0.25) is 0 Å². The van der Waals surface area contributed by atoms with Gasteiger partial charge in [0.15, 0.2) is 5.43 Å². The summed E-state index contributed by atoms with van der Waals surface area (Å²) < 4.78 is 5.28. The van der Waals surface area contributed by atoms with Crippen molar-refractivity contribution in [1.82, 2.24) is 0 Å². The van der Waals surface area contributed by atoms with Gasteiger partial charge in [0.05, 0.1) is 10.7 Å². The Morgan fingerprint density at radius 2 is 1.95 bits per heavy atom. The number of rotatable bonds is 2. The van der Waals surface area contributed by atoms with Gasteiger partial charge in [-0.05, 0) is 26.0 Å². The Morgan fingerprint density at radius 1 is 1.26 bits per heavy atom. The maximum absolute atomic E-state index is 12.1. The predicted octanol–water partition coefficient (Wildman–Crippen LogP) is 3.16. The Hall–Kier alpha value is -2.07. The van der Waals surface area contributed by atoms with Crippen molar-refractivity contribution in [2.75, 3.05) is 5.32 Å². The van der Waals surface area contributed by atoms with E-state index in [0.717, 1.165) is 0 Å². The Labute approximate surface area is 115 Å². The fraction of sp³-hybridized carbons (Fsp3) is 0.143. The van der Waals surface area contributed by atoms with Gasteiger partial charge in [-0.15, -0.1) is 0 Å². The Bertz CT molecular complexity index is 691. The standard InChI is InChI=1S/C14H12ClNO3/c1-8-7-12(17)13(9(2)19-8)14(18)16-11-6-4-3-5-10(11)15/h3-7H,1-2H3,(H,16,18). The average Bonchev–Trinajstić information content (AvgIpc) is 2.30. The molecule has 0 fully saturated rings. The fourth-order valence-corrected chi connectivity index (χ4v) is 1.95. The van der Waals surface area contributed by atoms with Gasteiger partial charge in [-0.2, -0.15) is 0 Å². The number of carbonyl (C=O) groups is 1. The molecule has 0 saturated heterocycles. The molecular weight excluding hydrogens is 266 g/mol. The molecule has 5 heteroatoms. The molecule has 2 aromatic rings. The lowest BCUT2D eigenvalue weighted by Gasteiger charge is -2.08. The molecule has 0 aliphatic carbocycles. The Morgan fingerprint density at radius 3 is 2.58 bits per heavy atom. The summed E-state index contributed by atoms with van der Waals surface area (Å²) in [6.45, 7) is 3.24. The van der Waals surface area contributed by atoms with Crippen molar-refractivity contribution in [3.8, 4) is 0 Å². The predicted molar refractivity (Wildman–Crippen MR) is 73.9 cm³/mol. The highest BCUT2D eigenvalue weighted by Gasteiger charge is 2.16. The van der Waals surface area contributed by atoms with E-state index in [-0.39, 0.29) is 16.8 Å². The van der Waals surface area contributed by atoms with E-state index in [0.29, 0.717) is 16.5 Å². The third kappa shape index (κ3) is 2.85. The van der Waals surface area contributed by atoms with Gasteiger partial charge in [0, 0.05) is 6.07 Å². The number of carbonyl (C=O) groups excluding carboxylic acids is 1. The van der Waals surface area contributed by atoms with Crippen LogP contribution in [0.2, 0.25) is 5.02 Å². The summed E-state index contributed by atoms with van der Waals surface area (Å²) in [4.78, 5) is 23.9. The number of benzene rings is 1. The highest BCUT2D eigenvalue weighted by atomic mass is 35.5. The summed E-state index contributed by atoms with van der Waals surface area (Å²) in [5.74, 6) is 0.227. The largest absolute Gasteiger partial charge is 0.466 e. The molecule has 1 aromatic heterocycles. The van der Waals surface area contributed by atoms with Gasteiger partial charge in [0.1, 0.15) is 17.1 Å². The first-order chi connectivity index (χ1) is 8.99. The molecule has 0 atom stereocenters. The van der Waals surface area contributed by atoms with Crippen LogP contribution in [0.3, 0.4) is 0 Å². The van der Waals surface area contributed by atoms with Crippen LogP contribution in [-0.2, 0) is 0 Å². The third-order valence-corrected chi connectivity index (χ3v) is 2.93. The number of para-hydroxylation sites is 1. The normalized spacial score (nSPS) is 10.3. The lowest BCUT2D eigenvalue weighted by atomic mass is 10.2. The van der Waals surface area contributed by atoms with Gasteiger partial charge in [-0.1, -0.05) is 23.7 Å². The van der Waals surface area contributed by atoms with Gasteiger partial charge in [-0.25, -0.2) is 0 Å². The molecule has 0 aliphatic rings. The highest BCUT2D eigenvalue weighted by Crippen LogP contribution is 2.21. The summed E-state index contributed by atoms with van der Waals surface area (Å²) in [5, 5.41) is 3.00. The van der Waals surface area contributed by atoms with Gasteiger partial charge < -0.3 is 9.73 Å². The molecular formula is C14H12ClNO3. The van der Waals surface area contributed by atoms with E-state index >= 15 is 0 Å². The van der Waals surface area contributed by atoms with Crippen molar-refractivity contribution >= 4 is 23.2 Å². The van der Waals surface area contributed by atoms with Crippen LogP contribution in [0.1, 0.15) is 21.9 Å². The number of hydrogen-bond donors (Lipinski definition) is 1. The zero-order valence-corrected chi connectivity index (χ0v) is 11.2. The van der Waals surface area contributed by atoms with Crippen LogP contribution >= 0.6 is 11.6 Å². The summed E-state index contributed by atoms with van der Waals surface area (Å²) in [7, 11) is 0. The average molecular weight is 278 g/mol. The van der Waals surface area contributed by atoms with E-state index in [1.165, 1.54) is 6.07 Å². The van der Waals surface area contributed by atoms with E-state index in [4.69, 9.17) is 16.0 Å². The molecule has 0 radical (unpaired) electrons. The van der Waals surface area contributed by atoms with Crippen molar-refractivity contribution in [3.05, 3.63) is 62.7 Å². The van der Waals surface area contributed by atoms with Gasteiger partial charge >= 0.3 is 0 Å². The first kappa shape index (κ1) is 13.4. The van der Waals surface area contributed by atoms with E-state index in [1.807, 2.05) is 0 Å². The maximum atomic E-state index is 12.1. The van der Waals surface area contributed by atoms with Crippen molar-refractivity contribution in [1.29, 1.82) is 0 Å². The Balaban J connectivity index is 2.37. The second-order valence-corrected chi connectivity index (χ2v) is 4.49. The summed E-state index contributed by atoms with van der Waals surface area (Å²) in [6, 6.07) is 8.09. The van der Waals surface area contributed by atoms with Crippen molar-refractivity contribution in [2.24, 2.45) is 0 Å². The van der Waals surface area contributed by atoms with Crippen molar-refractivity contribution < 1.29 is 9.21 Å². The first-order valence-corrected chi connectivity index (χ1v) is 6.04. The zero-order chi connectivity index (χ0) is 14.0. The van der Waals surface area contributed by atoms with E-state index < -0.39 is 5.91 Å². The van der Waals surface area contributed by atoms with E-state index in [2.05, 4.69) is 5.32 Å². The quantitative estimate of drug-likeness (QED) is 0.917. The SMILES string of the molecule is Cc1cc(=O)c(C(=O)Nc2ccccc2Cl)c(C)o1. The van der Waals surface area contributed by atoms with Crippen LogP contribution in [0.5, 0.6) is 0 Å². The smallest absolute Gasteiger partial charge is 0.263 e. The molecule has 2 rings (SSSR count). The molecule has 1 heterocycles. The van der Waals surface area contributed by atoms with Crippen LogP contribution in [0.4, 0.5) is 5.69 Å². The van der Waals surface area contributed by atoms with Gasteiger partial charge in [-0.3, -0.25) is 9.59 Å². The van der Waals surface area contributed by atoms with Crippen molar-refractivity contribution in [2.45, 2.75) is 13.8 Å². The number of anilines is 1. The van der Waals surface area contributed by atoms with Crippen LogP contribution in [0.15, 0.2) is 39.5 Å². The lowest BCUT2D eigenvalue weighted by molar-refractivity contribution is 0.102. The van der Waals surface area contributed by atoms with E-state index in [1.54, 1.807) is 38.1 Å². The topological polar surface area (TPSA) is 59.3 Å².